The molecule has 0 atom stereocenters. The van der Waals surface area contributed by atoms with Crippen LogP contribution in [-0.2, 0) is 13.0 Å². The predicted molar refractivity (Wildman–Crippen MR) is 91.3 cm³/mol. The van der Waals surface area contributed by atoms with Crippen molar-refractivity contribution in [3.63, 3.8) is 0 Å². The lowest BCUT2D eigenvalue weighted by molar-refractivity contribution is 0.410. The molecule has 0 N–H and O–H groups in total. The highest BCUT2D eigenvalue weighted by atomic mass is 79.9. The molecule has 3 nitrogen and oxygen atoms in total. The Morgan fingerprint density at radius 1 is 1.14 bits per heavy atom. The zero-order valence-electron chi connectivity index (χ0n) is 12.4. The van der Waals surface area contributed by atoms with E-state index in [0.29, 0.717) is 0 Å². The molecule has 112 valence electrons. The van der Waals surface area contributed by atoms with E-state index in [9.17, 15) is 0 Å². The van der Waals surface area contributed by atoms with Gasteiger partial charge < -0.3 is 9.30 Å². The van der Waals surface area contributed by atoms with Gasteiger partial charge in [0.15, 0.2) is 0 Å². The minimum absolute atomic E-state index is 0.755. The van der Waals surface area contributed by atoms with Crippen LogP contribution in [0.2, 0.25) is 0 Å². The Morgan fingerprint density at radius 2 is 2.00 bits per heavy atom. The fourth-order valence-corrected chi connectivity index (χ4v) is 2.95. The van der Waals surface area contributed by atoms with E-state index in [2.05, 4.69) is 49.7 Å². The van der Waals surface area contributed by atoms with E-state index in [4.69, 9.17) is 4.74 Å². The topological polar surface area (TPSA) is 27.1 Å². The largest absolute Gasteiger partial charge is 0.496 e. The second kappa shape index (κ2) is 6.79. The molecule has 2 aromatic carbocycles. The molecule has 1 heterocycles. The standard InChI is InChI=1S/C18H17BrN2O/c1-22-17-8-3-2-6-15(17)12-18-20-9-10-21(18)13-14-5-4-7-16(19)11-14/h2-11H,12-13H2,1H3. The van der Waals surface area contributed by atoms with Gasteiger partial charge in [0.05, 0.1) is 7.11 Å². The molecular formula is C18H17BrN2O. The summed E-state index contributed by atoms with van der Waals surface area (Å²) in [6.45, 7) is 0.809. The number of para-hydroxylation sites is 1. The first-order valence-electron chi connectivity index (χ1n) is 7.12. The molecule has 0 aliphatic heterocycles. The van der Waals surface area contributed by atoms with Crippen molar-refractivity contribution in [2.24, 2.45) is 0 Å². The molecule has 3 rings (SSSR count). The van der Waals surface area contributed by atoms with Crippen LogP contribution < -0.4 is 4.74 Å². The first-order valence-corrected chi connectivity index (χ1v) is 7.92. The first-order chi connectivity index (χ1) is 10.8. The normalized spacial score (nSPS) is 10.6. The molecule has 3 aromatic rings. The monoisotopic (exact) mass is 356 g/mol. The predicted octanol–water partition coefficient (Wildman–Crippen LogP) is 4.29. The van der Waals surface area contributed by atoms with Crippen molar-refractivity contribution in [1.29, 1.82) is 0 Å². The molecule has 0 saturated carbocycles. The summed E-state index contributed by atoms with van der Waals surface area (Å²) < 4.78 is 8.69. The summed E-state index contributed by atoms with van der Waals surface area (Å²) in [4.78, 5) is 4.50. The van der Waals surface area contributed by atoms with Crippen molar-refractivity contribution in [1.82, 2.24) is 9.55 Å². The maximum absolute atomic E-state index is 5.42. The quantitative estimate of drug-likeness (QED) is 0.681. The number of imidazole rings is 1. The van der Waals surface area contributed by atoms with E-state index in [0.717, 1.165) is 34.6 Å². The third-order valence-electron chi connectivity index (χ3n) is 3.58. The van der Waals surface area contributed by atoms with Crippen molar-refractivity contribution >= 4 is 15.9 Å². The molecular weight excluding hydrogens is 340 g/mol. The zero-order valence-corrected chi connectivity index (χ0v) is 14.0. The lowest BCUT2D eigenvalue weighted by Gasteiger charge is -2.11. The van der Waals surface area contributed by atoms with Crippen molar-refractivity contribution < 1.29 is 4.74 Å². The van der Waals surface area contributed by atoms with Crippen molar-refractivity contribution in [3.05, 3.63) is 82.3 Å². The van der Waals surface area contributed by atoms with Crippen molar-refractivity contribution in [3.8, 4) is 5.75 Å². The lowest BCUT2D eigenvalue weighted by Crippen LogP contribution is -2.06. The summed E-state index contributed by atoms with van der Waals surface area (Å²) in [6.07, 6.45) is 4.62. The van der Waals surface area contributed by atoms with E-state index < -0.39 is 0 Å². The summed E-state index contributed by atoms with van der Waals surface area (Å²) in [7, 11) is 1.70. The van der Waals surface area contributed by atoms with Gasteiger partial charge in [-0.15, -0.1) is 0 Å². The number of methoxy groups -OCH3 is 1. The van der Waals surface area contributed by atoms with Gasteiger partial charge in [-0.25, -0.2) is 4.98 Å². The second-order valence-corrected chi connectivity index (χ2v) is 6.01. The summed E-state index contributed by atoms with van der Waals surface area (Å²) in [6, 6.07) is 16.4. The van der Waals surface area contributed by atoms with E-state index in [-0.39, 0.29) is 0 Å². The number of ether oxygens (including phenoxy) is 1. The minimum Gasteiger partial charge on any atom is -0.496 e. The molecule has 0 bridgehead atoms. The third kappa shape index (κ3) is 3.39. The molecule has 0 fully saturated rings. The van der Waals surface area contributed by atoms with Gasteiger partial charge >= 0.3 is 0 Å². The average molecular weight is 357 g/mol. The molecule has 4 heteroatoms. The molecule has 0 radical (unpaired) electrons. The number of aromatic nitrogens is 2. The van der Waals surface area contributed by atoms with Gasteiger partial charge in [-0.2, -0.15) is 0 Å². The van der Waals surface area contributed by atoms with E-state index >= 15 is 0 Å². The van der Waals surface area contributed by atoms with Crippen LogP contribution in [-0.4, -0.2) is 16.7 Å². The molecule has 0 amide bonds. The fraction of sp³-hybridized carbons (Fsp3) is 0.167. The van der Waals surface area contributed by atoms with Crippen LogP contribution >= 0.6 is 15.9 Å². The van der Waals surface area contributed by atoms with Gasteiger partial charge in [0, 0.05) is 35.4 Å². The first kappa shape index (κ1) is 14.9. The second-order valence-electron chi connectivity index (χ2n) is 5.09. The average Bonchev–Trinajstić information content (AvgIpc) is 2.95. The fourth-order valence-electron chi connectivity index (χ4n) is 2.50. The maximum Gasteiger partial charge on any atom is 0.122 e. The highest BCUT2D eigenvalue weighted by Crippen LogP contribution is 2.21. The van der Waals surface area contributed by atoms with Crippen LogP contribution in [0.5, 0.6) is 5.75 Å². The third-order valence-corrected chi connectivity index (χ3v) is 4.08. The van der Waals surface area contributed by atoms with Crippen molar-refractivity contribution in [2.45, 2.75) is 13.0 Å². The number of benzene rings is 2. The van der Waals surface area contributed by atoms with Gasteiger partial charge in [0.2, 0.25) is 0 Å². The summed E-state index contributed by atoms with van der Waals surface area (Å²) >= 11 is 3.52. The van der Waals surface area contributed by atoms with Gasteiger partial charge in [0.25, 0.3) is 0 Å². The van der Waals surface area contributed by atoms with E-state index in [1.54, 1.807) is 7.11 Å². The molecule has 0 saturated heterocycles. The molecule has 0 unspecified atom stereocenters. The van der Waals surface area contributed by atoms with Crippen LogP contribution in [0.1, 0.15) is 17.0 Å². The summed E-state index contributed by atoms with van der Waals surface area (Å²) in [5.74, 6) is 1.93. The molecule has 1 aromatic heterocycles. The summed E-state index contributed by atoms with van der Waals surface area (Å²) in [5.41, 5.74) is 2.39. The number of hydrogen-bond acceptors (Lipinski definition) is 2. The highest BCUT2D eigenvalue weighted by Gasteiger charge is 2.08. The van der Waals surface area contributed by atoms with Gasteiger partial charge in [-0.3, -0.25) is 0 Å². The Hall–Kier alpha value is -2.07. The van der Waals surface area contributed by atoms with Gasteiger partial charge in [-0.05, 0) is 23.8 Å². The van der Waals surface area contributed by atoms with E-state index in [1.807, 2.05) is 36.7 Å². The number of halogens is 1. The number of hydrogen-bond donors (Lipinski definition) is 0. The van der Waals surface area contributed by atoms with Crippen LogP contribution in [0.15, 0.2) is 65.4 Å². The van der Waals surface area contributed by atoms with Gasteiger partial charge in [0.1, 0.15) is 11.6 Å². The van der Waals surface area contributed by atoms with E-state index in [1.165, 1.54) is 5.56 Å². The molecule has 0 aliphatic rings. The Kier molecular flexibility index (Phi) is 4.59. The van der Waals surface area contributed by atoms with Crippen LogP contribution in [0.25, 0.3) is 0 Å². The maximum atomic E-state index is 5.42. The molecule has 22 heavy (non-hydrogen) atoms. The van der Waals surface area contributed by atoms with Crippen LogP contribution in [0, 0.1) is 0 Å². The minimum atomic E-state index is 0.755. The SMILES string of the molecule is COc1ccccc1Cc1nccn1Cc1cccc(Br)c1. The number of nitrogens with zero attached hydrogens (tertiary/aromatic N) is 2. The summed E-state index contributed by atoms with van der Waals surface area (Å²) in [5, 5.41) is 0. The molecule has 0 aliphatic carbocycles. The van der Waals surface area contributed by atoms with Gasteiger partial charge in [-0.1, -0.05) is 46.3 Å². The lowest BCUT2D eigenvalue weighted by atomic mass is 10.1. The highest BCUT2D eigenvalue weighted by molar-refractivity contribution is 9.10. The van der Waals surface area contributed by atoms with Crippen LogP contribution in [0.3, 0.4) is 0 Å². The number of rotatable bonds is 5. The smallest absolute Gasteiger partial charge is 0.122 e. The Morgan fingerprint density at radius 3 is 2.82 bits per heavy atom. The van der Waals surface area contributed by atoms with Crippen LogP contribution in [0.4, 0.5) is 0 Å². The van der Waals surface area contributed by atoms with Crippen molar-refractivity contribution in [2.75, 3.05) is 7.11 Å². The Labute approximate surface area is 138 Å². The Bertz CT molecular complexity index is 767. The molecule has 0 spiro atoms. The zero-order chi connectivity index (χ0) is 15.4. The Balaban J connectivity index is 1.83.